The third-order valence-electron chi connectivity index (χ3n) is 2.47. The maximum Gasteiger partial charge on any atom is 0.0427 e. The molecule has 0 radical (unpaired) electrons. The van der Waals surface area contributed by atoms with Gasteiger partial charge in [-0.2, -0.15) is 0 Å². The number of hydrogen-bond donors (Lipinski definition) is 0. The predicted molar refractivity (Wildman–Crippen MR) is 43.4 cm³/mol. The summed E-state index contributed by atoms with van der Waals surface area (Å²) in [6, 6.07) is 0. The predicted octanol–water partition coefficient (Wildman–Crippen LogP) is 2.19. The molecule has 1 heteroatoms. The molecule has 1 aliphatic carbocycles. The summed E-state index contributed by atoms with van der Waals surface area (Å²) in [4.78, 5) is 4.49. The molecule has 0 saturated heterocycles. The fourth-order valence-electron chi connectivity index (χ4n) is 1.34. The first-order valence-electron chi connectivity index (χ1n) is 4.03. The number of allylic oxidation sites excluding steroid dienone is 1. The van der Waals surface area contributed by atoms with Gasteiger partial charge >= 0.3 is 0 Å². The summed E-state index contributed by atoms with van der Waals surface area (Å²) in [6.07, 6.45) is 8.27. The van der Waals surface area contributed by atoms with Gasteiger partial charge in [-0.15, -0.1) is 0 Å². The van der Waals surface area contributed by atoms with E-state index < -0.39 is 0 Å². The monoisotopic (exact) mass is 135 g/mol. The Morgan fingerprint density at radius 2 is 2.30 bits per heavy atom. The zero-order valence-electron chi connectivity index (χ0n) is 6.43. The average molecular weight is 135 g/mol. The summed E-state index contributed by atoms with van der Waals surface area (Å²) in [5.74, 6) is 0. The van der Waals surface area contributed by atoms with E-state index in [9.17, 15) is 0 Å². The molecule has 0 amide bonds. The van der Waals surface area contributed by atoms with Gasteiger partial charge < -0.3 is 0 Å². The zero-order valence-corrected chi connectivity index (χ0v) is 6.43. The van der Waals surface area contributed by atoms with Crippen molar-refractivity contribution < 1.29 is 0 Å². The minimum atomic E-state index is 0.483. The average Bonchev–Trinajstić information content (AvgIpc) is 2.72. The topological polar surface area (TPSA) is 12.4 Å². The van der Waals surface area contributed by atoms with Crippen molar-refractivity contribution in [2.24, 2.45) is 10.4 Å². The highest BCUT2D eigenvalue weighted by molar-refractivity contribution is 6.01. The molecule has 0 bridgehead atoms. The largest absolute Gasteiger partial charge is 0.289 e. The molecule has 0 N–H and O–H groups in total. The van der Waals surface area contributed by atoms with Gasteiger partial charge in [0.05, 0.1) is 0 Å². The Hall–Kier alpha value is -0.590. The van der Waals surface area contributed by atoms with E-state index in [1.165, 1.54) is 18.6 Å². The molecule has 2 aliphatic rings. The summed E-state index contributed by atoms with van der Waals surface area (Å²) >= 11 is 0. The van der Waals surface area contributed by atoms with E-state index in [-0.39, 0.29) is 0 Å². The van der Waals surface area contributed by atoms with E-state index in [2.05, 4.69) is 24.1 Å². The molecule has 0 atom stereocenters. The van der Waals surface area contributed by atoms with Crippen LogP contribution < -0.4 is 0 Å². The molecule has 2 rings (SSSR count). The summed E-state index contributed by atoms with van der Waals surface area (Å²) in [7, 11) is 0. The van der Waals surface area contributed by atoms with Gasteiger partial charge in [0.15, 0.2) is 0 Å². The minimum absolute atomic E-state index is 0.483. The molecule has 1 fully saturated rings. The number of rotatable bonds is 1. The van der Waals surface area contributed by atoms with Crippen molar-refractivity contribution in [2.45, 2.75) is 26.2 Å². The number of dihydropyridines is 1. The van der Waals surface area contributed by atoms with Gasteiger partial charge in [0.25, 0.3) is 0 Å². The molecular formula is C9H13N. The highest BCUT2D eigenvalue weighted by atomic mass is 14.8. The van der Waals surface area contributed by atoms with Crippen LogP contribution in [-0.2, 0) is 0 Å². The van der Waals surface area contributed by atoms with Crippen molar-refractivity contribution in [2.75, 3.05) is 6.54 Å². The van der Waals surface area contributed by atoms with Crippen LogP contribution in [0.1, 0.15) is 26.2 Å². The van der Waals surface area contributed by atoms with Gasteiger partial charge in [0.1, 0.15) is 0 Å². The van der Waals surface area contributed by atoms with Crippen LogP contribution in [0.3, 0.4) is 0 Å². The van der Waals surface area contributed by atoms with Crippen molar-refractivity contribution in [3.8, 4) is 0 Å². The lowest BCUT2D eigenvalue weighted by Gasteiger charge is -2.11. The molecule has 0 aromatic heterocycles. The van der Waals surface area contributed by atoms with Crippen LogP contribution >= 0.6 is 0 Å². The SMILES string of the molecule is CC1(C2=NCCC=C2)CC1. The third kappa shape index (κ3) is 0.898. The van der Waals surface area contributed by atoms with E-state index in [0.29, 0.717) is 5.41 Å². The summed E-state index contributed by atoms with van der Waals surface area (Å²) in [5.41, 5.74) is 1.83. The third-order valence-corrected chi connectivity index (χ3v) is 2.47. The van der Waals surface area contributed by atoms with E-state index in [0.717, 1.165) is 13.0 Å². The Morgan fingerprint density at radius 1 is 1.50 bits per heavy atom. The van der Waals surface area contributed by atoms with Crippen molar-refractivity contribution >= 4 is 5.71 Å². The van der Waals surface area contributed by atoms with Crippen LogP contribution in [0.4, 0.5) is 0 Å². The summed E-state index contributed by atoms with van der Waals surface area (Å²) in [5, 5.41) is 0. The molecule has 0 unspecified atom stereocenters. The summed E-state index contributed by atoms with van der Waals surface area (Å²) < 4.78 is 0. The lowest BCUT2D eigenvalue weighted by atomic mass is 10.0. The fraction of sp³-hybridized carbons (Fsp3) is 0.667. The molecule has 54 valence electrons. The Kier molecular flexibility index (Phi) is 1.19. The maximum atomic E-state index is 4.49. The lowest BCUT2D eigenvalue weighted by Crippen LogP contribution is -2.11. The summed E-state index contributed by atoms with van der Waals surface area (Å²) in [6.45, 7) is 3.32. The van der Waals surface area contributed by atoms with Gasteiger partial charge in [-0.25, -0.2) is 0 Å². The van der Waals surface area contributed by atoms with Gasteiger partial charge in [-0.1, -0.05) is 13.0 Å². The first kappa shape index (κ1) is 6.14. The second-order valence-corrected chi connectivity index (χ2v) is 3.52. The standard InChI is InChI=1S/C9H13N/c1-9(5-6-9)8-4-2-3-7-10-8/h2,4H,3,5-7H2,1H3. The van der Waals surface area contributed by atoms with E-state index in [1.54, 1.807) is 0 Å². The number of nitrogens with zero attached hydrogens (tertiary/aromatic N) is 1. The zero-order chi connectivity index (χ0) is 7.03. The van der Waals surface area contributed by atoms with Crippen LogP contribution in [0.5, 0.6) is 0 Å². The number of hydrogen-bond acceptors (Lipinski definition) is 1. The smallest absolute Gasteiger partial charge is 0.0427 e. The van der Waals surface area contributed by atoms with Crippen LogP contribution in [0.25, 0.3) is 0 Å². The molecule has 0 aromatic rings. The van der Waals surface area contributed by atoms with Gasteiger partial charge in [0.2, 0.25) is 0 Å². The molecule has 1 heterocycles. The molecule has 1 aliphatic heterocycles. The van der Waals surface area contributed by atoms with E-state index in [1.807, 2.05) is 0 Å². The van der Waals surface area contributed by atoms with Crippen LogP contribution in [0, 0.1) is 5.41 Å². The molecule has 10 heavy (non-hydrogen) atoms. The lowest BCUT2D eigenvalue weighted by molar-refractivity contribution is 0.789. The molecule has 0 aromatic carbocycles. The Bertz CT molecular complexity index is 197. The normalized spacial score (nSPS) is 27.9. The fourth-order valence-corrected chi connectivity index (χ4v) is 1.34. The van der Waals surface area contributed by atoms with Gasteiger partial charge in [0, 0.05) is 17.7 Å². The molecule has 1 saturated carbocycles. The van der Waals surface area contributed by atoms with Gasteiger partial charge in [-0.3, -0.25) is 4.99 Å². The van der Waals surface area contributed by atoms with Crippen molar-refractivity contribution in [1.29, 1.82) is 0 Å². The first-order valence-corrected chi connectivity index (χ1v) is 4.03. The second-order valence-electron chi connectivity index (χ2n) is 3.52. The Morgan fingerprint density at radius 3 is 2.80 bits per heavy atom. The Balaban J connectivity index is 2.17. The highest BCUT2D eigenvalue weighted by Gasteiger charge is 2.41. The highest BCUT2D eigenvalue weighted by Crippen LogP contribution is 2.47. The van der Waals surface area contributed by atoms with Crippen molar-refractivity contribution in [3.63, 3.8) is 0 Å². The molecular weight excluding hydrogens is 122 g/mol. The van der Waals surface area contributed by atoms with Gasteiger partial charge in [-0.05, 0) is 25.3 Å². The molecule has 1 nitrogen and oxygen atoms in total. The molecule has 0 spiro atoms. The van der Waals surface area contributed by atoms with E-state index >= 15 is 0 Å². The minimum Gasteiger partial charge on any atom is -0.289 e. The van der Waals surface area contributed by atoms with Crippen molar-refractivity contribution in [3.05, 3.63) is 12.2 Å². The van der Waals surface area contributed by atoms with Crippen molar-refractivity contribution in [1.82, 2.24) is 0 Å². The Labute approximate surface area is 61.9 Å². The maximum absolute atomic E-state index is 4.49. The quantitative estimate of drug-likeness (QED) is 0.522. The first-order chi connectivity index (χ1) is 4.81. The number of aliphatic imine (C=N–C) groups is 1. The van der Waals surface area contributed by atoms with Crippen LogP contribution in [0.2, 0.25) is 0 Å². The van der Waals surface area contributed by atoms with Crippen LogP contribution in [0.15, 0.2) is 17.1 Å². The van der Waals surface area contributed by atoms with E-state index in [4.69, 9.17) is 0 Å². The van der Waals surface area contributed by atoms with Crippen LogP contribution in [-0.4, -0.2) is 12.3 Å². The second kappa shape index (κ2) is 1.94.